The highest BCUT2D eigenvalue weighted by Crippen LogP contribution is 2.06. The molecule has 1 aromatic rings. The van der Waals surface area contributed by atoms with Crippen molar-refractivity contribution in [2.45, 2.75) is 26.7 Å². The van der Waals surface area contributed by atoms with E-state index >= 15 is 0 Å². The first-order chi connectivity index (χ1) is 7.63. The Bertz CT molecular complexity index is 357. The molecule has 0 bridgehead atoms. The van der Waals surface area contributed by atoms with E-state index < -0.39 is 11.9 Å². The smallest absolute Gasteiger partial charge is 0.317 e. The van der Waals surface area contributed by atoms with Crippen molar-refractivity contribution >= 4 is 11.9 Å². The third-order valence-corrected chi connectivity index (χ3v) is 2.42. The van der Waals surface area contributed by atoms with Gasteiger partial charge in [0.15, 0.2) is 0 Å². The van der Waals surface area contributed by atoms with Gasteiger partial charge in [0.25, 0.3) is 0 Å². The number of hydrogen-bond acceptors (Lipinski definition) is 3. The van der Waals surface area contributed by atoms with Crippen LogP contribution in [0.25, 0.3) is 0 Å². The number of carbonyl (C=O) groups is 2. The Morgan fingerprint density at radius 3 is 2.44 bits per heavy atom. The van der Waals surface area contributed by atoms with Crippen LogP contribution in [-0.4, -0.2) is 11.9 Å². The highest BCUT2D eigenvalue weighted by molar-refractivity contribution is 5.87. The van der Waals surface area contributed by atoms with Crippen LogP contribution in [0.2, 0.25) is 0 Å². The topological polar surface area (TPSA) is 43.4 Å². The van der Waals surface area contributed by atoms with Gasteiger partial charge in [-0.15, -0.1) is 0 Å². The third kappa shape index (κ3) is 3.85. The van der Waals surface area contributed by atoms with Gasteiger partial charge in [0.2, 0.25) is 0 Å². The molecule has 1 aromatic carbocycles. The van der Waals surface area contributed by atoms with Crippen LogP contribution in [0, 0.1) is 5.92 Å². The van der Waals surface area contributed by atoms with Crippen LogP contribution in [0.4, 0.5) is 0 Å². The molecule has 1 atom stereocenters. The van der Waals surface area contributed by atoms with E-state index in [0.717, 1.165) is 5.56 Å². The van der Waals surface area contributed by atoms with Gasteiger partial charge in [-0.3, -0.25) is 9.59 Å². The van der Waals surface area contributed by atoms with Gasteiger partial charge in [0.05, 0.1) is 12.3 Å². The Labute approximate surface area is 95.4 Å². The average Bonchev–Trinajstić information content (AvgIpc) is 2.29. The minimum absolute atomic E-state index is 0.142. The Balaban J connectivity index is 2.46. The Morgan fingerprint density at radius 1 is 1.25 bits per heavy atom. The van der Waals surface area contributed by atoms with E-state index in [0.29, 0.717) is 6.42 Å². The fourth-order valence-electron chi connectivity index (χ4n) is 1.18. The van der Waals surface area contributed by atoms with Gasteiger partial charge >= 0.3 is 11.9 Å². The highest BCUT2D eigenvalue weighted by Gasteiger charge is 2.16. The van der Waals surface area contributed by atoms with Crippen LogP contribution >= 0.6 is 0 Å². The molecule has 16 heavy (non-hydrogen) atoms. The summed E-state index contributed by atoms with van der Waals surface area (Å²) in [5, 5.41) is 0. The van der Waals surface area contributed by atoms with Crippen LogP contribution in [0.1, 0.15) is 25.8 Å². The van der Waals surface area contributed by atoms with Crippen LogP contribution in [-0.2, 0) is 20.7 Å². The summed E-state index contributed by atoms with van der Waals surface area (Å²) in [4.78, 5) is 22.7. The fraction of sp³-hybridized carbons (Fsp3) is 0.385. The Hall–Kier alpha value is -1.64. The zero-order valence-electron chi connectivity index (χ0n) is 9.60. The second-order valence-corrected chi connectivity index (χ2v) is 3.76. The number of rotatable bonds is 4. The molecule has 0 aliphatic carbocycles. The lowest BCUT2D eigenvalue weighted by atomic mass is 10.1. The first-order valence-corrected chi connectivity index (χ1v) is 5.42. The Morgan fingerprint density at radius 2 is 1.88 bits per heavy atom. The molecule has 0 saturated heterocycles. The second kappa shape index (κ2) is 6.05. The largest absolute Gasteiger partial charge is 0.393 e. The molecule has 0 saturated carbocycles. The van der Waals surface area contributed by atoms with E-state index in [1.165, 1.54) is 0 Å². The van der Waals surface area contributed by atoms with E-state index in [1.54, 1.807) is 6.92 Å². The van der Waals surface area contributed by atoms with Gasteiger partial charge in [-0.05, 0) is 12.0 Å². The highest BCUT2D eigenvalue weighted by atomic mass is 16.6. The molecule has 0 heterocycles. The van der Waals surface area contributed by atoms with Crippen molar-refractivity contribution in [1.82, 2.24) is 0 Å². The van der Waals surface area contributed by atoms with Gasteiger partial charge in [0.1, 0.15) is 0 Å². The monoisotopic (exact) mass is 220 g/mol. The maximum absolute atomic E-state index is 11.4. The SMILES string of the molecule is CCC(C)C(=O)OC(=O)Cc1ccccc1. The van der Waals surface area contributed by atoms with Crippen LogP contribution in [0.5, 0.6) is 0 Å². The molecule has 0 radical (unpaired) electrons. The van der Waals surface area contributed by atoms with Crippen molar-refractivity contribution in [3.05, 3.63) is 35.9 Å². The summed E-state index contributed by atoms with van der Waals surface area (Å²) in [6.07, 6.45) is 0.820. The van der Waals surface area contributed by atoms with Crippen molar-refractivity contribution in [3.63, 3.8) is 0 Å². The number of benzene rings is 1. The number of esters is 2. The minimum atomic E-state index is -0.489. The lowest BCUT2D eigenvalue weighted by Crippen LogP contribution is -2.19. The van der Waals surface area contributed by atoms with E-state index in [2.05, 4.69) is 0 Å². The molecule has 0 aromatic heterocycles. The van der Waals surface area contributed by atoms with E-state index in [-0.39, 0.29) is 12.3 Å². The molecule has 1 unspecified atom stereocenters. The van der Waals surface area contributed by atoms with Crippen molar-refractivity contribution < 1.29 is 14.3 Å². The molecule has 0 amide bonds. The summed E-state index contributed by atoms with van der Waals surface area (Å²) in [6, 6.07) is 9.22. The molecule has 0 fully saturated rings. The summed E-state index contributed by atoms with van der Waals surface area (Å²) < 4.78 is 4.73. The summed E-state index contributed by atoms with van der Waals surface area (Å²) >= 11 is 0. The predicted molar refractivity (Wildman–Crippen MR) is 60.7 cm³/mol. The maximum Gasteiger partial charge on any atom is 0.317 e. The van der Waals surface area contributed by atoms with Crippen molar-refractivity contribution in [2.75, 3.05) is 0 Å². The Kier molecular flexibility index (Phi) is 4.70. The van der Waals surface area contributed by atoms with Gasteiger partial charge in [-0.1, -0.05) is 44.2 Å². The van der Waals surface area contributed by atoms with Gasteiger partial charge in [-0.25, -0.2) is 0 Å². The summed E-state index contributed by atoms with van der Waals surface area (Å²) in [5.74, 6) is -1.15. The second-order valence-electron chi connectivity index (χ2n) is 3.76. The van der Waals surface area contributed by atoms with Crippen LogP contribution in [0.3, 0.4) is 0 Å². The lowest BCUT2D eigenvalue weighted by Gasteiger charge is -2.07. The maximum atomic E-state index is 11.4. The number of ether oxygens (including phenoxy) is 1. The first-order valence-electron chi connectivity index (χ1n) is 5.42. The summed E-state index contributed by atoms with van der Waals surface area (Å²) in [5.41, 5.74) is 0.851. The molecule has 3 heteroatoms. The number of carbonyl (C=O) groups excluding carboxylic acids is 2. The molecule has 3 nitrogen and oxygen atoms in total. The van der Waals surface area contributed by atoms with Gasteiger partial charge in [0, 0.05) is 0 Å². The standard InChI is InChI=1S/C13H16O3/c1-3-10(2)13(15)16-12(14)9-11-7-5-4-6-8-11/h4-8,10H,3,9H2,1-2H3. The van der Waals surface area contributed by atoms with Crippen molar-refractivity contribution in [3.8, 4) is 0 Å². The number of hydrogen-bond donors (Lipinski definition) is 0. The van der Waals surface area contributed by atoms with Crippen LogP contribution in [0.15, 0.2) is 30.3 Å². The normalized spacial score (nSPS) is 11.9. The average molecular weight is 220 g/mol. The zero-order valence-corrected chi connectivity index (χ0v) is 9.60. The third-order valence-electron chi connectivity index (χ3n) is 2.42. The molecular weight excluding hydrogens is 204 g/mol. The zero-order chi connectivity index (χ0) is 12.0. The van der Waals surface area contributed by atoms with Crippen molar-refractivity contribution in [2.24, 2.45) is 5.92 Å². The molecule has 0 aliphatic rings. The quantitative estimate of drug-likeness (QED) is 0.578. The summed E-state index contributed by atoms with van der Waals surface area (Å²) in [7, 11) is 0. The molecule has 1 rings (SSSR count). The van der Waals surface area contributed by atoms with E-state index in [9.17, 15) is 9.59 Å². The molecule has 86 valence electrons. The van der Waals surface area contributed by atoms with Crippen molar-refractivity contribution in [1.29, 1.82) is 0 Å². The molecule has 0 spiro atoms. The fourth-order valence-corrected chi connectivity index (χ4v) is 1.18. The molecule has 0 N–H and O–H groups in total. The first kappa shape index (κ1) is 12.4. The van der Waals surface area contributed by atoms with Gasteiger partial charge in [-0.2, -0.15) is 0 Å². The lowest BCUT2D eigenvalue weighted by molar-refractivity contribution is -0.161. The molecular formula is C13H16O3. The van der Waals surface area contributed by atoms with Gasteiger partial charge < -0.3 is 4.74 Å². The molecule has 0 aliphatic heterocycles. The van der Waals surface area contributed by atoms with E-state index in [1.807, 2.05) is 37.3 Å². The summed E-state index contributed by atoms with van der Waals surface area (Å²) in [6.45, 7) is 3.63. The van der Waals surface area contributed by atoms with Crippen LogP contribution < -0.4 is 0 Å². The predicted octanol–water partition coefficient (Wildman–Crippen LogP) is 2.35. The van der Waals surface area contributed by atoms with E-state index in [4.69, 9.17) is 4.74 Å². The minimum Gasteiger partial charge on any atom is -0.393 e.